The van der Waals surface area contributed by atoms with Gasteiger partial charge in [0.05, 0.1) is 13.1 Å². The highest BCUT2D eigenvalue weighted by Gasteiger charge is 2.24. The molecule has 0 N–H and O–H groups in total. The van der Waals surface area contributed by atoms with Crippen molar-refractivity contribution in [3.8, 4) is 0 Å². The second-order valence-corrected chi connectivity index (χ2v) is 6.87. The first kappa shape index (κ1) is 19.7. The summed E-state index contributed by atoms with van der Waals surface area (Å²) in [5.74, 6) is 0.366. The molecule has 0 unspecified atom stereocenters. The van der Waals surface area contributed by atoms with E-state index >= 15 is 0 Å². The van der Waals surface area contributed by atoms with E-state index in [2.05, 4.69) is 23.0 Å². The maximum atomic E-state index is 12.4. The predicted molar refractivity (Wildman–Crippen MR) is 100 cm³/mol. The van der Waals surface area contributed by atoms with Gasteiger partial charge in [-0.05, 0) is 19.3 Å². The number of carbonyl (C=O) groups excluding carboxylic acids is 2. The molecule has 2 saturated heterocycles. The molecule has 140 valence electrons. The molecule has 2 rings (SSSR count). The van der Waals surface area contributed by atoms with Crippen LogP contribution < -0.4 is 0 Å². The average Bonchev–Trinajstić information content (AvgIpc) is 2.64. The fourth-order valence-corrected chi connectivity index (χ4v) is 3.42. The Balaban J connectivity index is 1.71. The van der Waals surface area contributed by atoms with Gasteiger partial charge in [-0.15, -0.1) is 13.2 Å². The monoisotopic (exact) mass is 348 g/mol. The zero-order valence-corrected chi connectivity index (χ0v) is 15.4. The minimum Gasteiger partial charge on any atom is -0.342 e. The van der Waals surface area contributed by atoms with E-state index in [1.165, 1.54) is 6.42 Å². The van der Waals surface area contributed by atoms with Gasteiger partial charge in [-0.2, -0.15) is 0 Å². The Morgan fingerprint density at radius 2 is 1.32 bits per heavy atom. The summed E-state index contributed by atoms with van der Waals surface area (Å²) in [7, 11) is 0. The summed E-state index contributed by atoms with van der Waals surface area (Å²) in [5, 5.41) is 0. The van der Waals surface area contributed by atoms with Crippen LogP contribution in [0.25, 0.3) is 0 Å². The van der Waals surface area contributed by atoms with Gasteiger partial charge in [0.1, 0.15) is 0 Å². The van der Waals surface area contributed by atoms with Crippen LogP contribution in [0.3, 0.4) is 0 Å². The molecule has 6 heteroatoms. The van der Waals surface area contributed by atoms with Crippen LogP contribution >= 0.6 is 0 Å². The number of piperidine rings is 1. The van der Waals surface area contributed by atoms with Crippen molar-refractivity contribution >= 4 is 11.8 Å². The zero-order chi connectivity index (χ0) is 18.1. The van der Waals surface area contributed by atoms with Crippen molar-refractivity contribution in [2.24, 2.45) is 0 Å². The number of nitrogens with zero attached hydrogens (tertiary/aromatic N) is 4. The minimum atomic E-state index is 0.109. The molecule has 2 amide bonds. The third-order valence-corrected chi connectivity index (χ3v) is 4.94. The molecular formula is C19H32N4O2. The van der Waals surface area contributed by atoms with E-state index in [-0.39, 0.29) is 11.8 Å². The van der Waals surface area contributed by atoms with Gasteiger partial charge in [0.25, 0.3) is 0 Å². The van der Waals surface area contributed by atoms with Crippen molar-refractivity contribution in [3.63, 3.8) is 0 Å². The van der Waals surface area contributed by atoms with E-state index in [1.807, 2.05) is 4.90 Å². The fourth-order valence-electron chi connectivity index (χ4n) is 3.42. The van der Waals surface area contributed by atoms with Crippen molar-refractivity contribution in [2.75, 3.05) is 65.4 Å². The topological polar surface area (TPSA) is 47.1 Å². The maximum absolute atomic E-state index is 12.4. The molecule has 2 heterocycles. The van der Waals surface area contributed by atoms with E-state index in [1.54, 1.807) is 17.1 Å². The Bertz CT molecular complexity index is 456. The molecule has 25 heavy (non-hydrogen) atoms. The molecule has 0 aromatic carbocycles. The predicted octanol–water partition coefficient (Wildman–Crippen LogP) is 0.817. The minimum absolute atomic E-state index is 0.109. The average molecular weight is 348 g/mol. The van der Waals surface area contributed by atoms with E-state index in [9.17, 15) is 9.59 Å². The number of amides is 2. The lowest BCUT2D eigenvalue weighted by Crippen LogP contribution is -2.52. The summed E-state index contributed by atoms with van der Waals surface area (Å²) in [6, 6.07) is 0. The summed E-state index contributed by atoms with van der Waals surface area (Å²) in [6.07, 6.45) is 6.99. The van der Waals surface area contributed by atoms with Crippen molar-refractivity contribution in [1.82, 2.24) is 19.6 Å². The van der Waals surface area contributed by atoms with Crippen LogP contribution in [0.15, 0.2) is 25.3 Å². The Kier molecular flexibility index (Phi) is 8.15. The largest absolute Gasteiger partial charge is 0.342 e. The molecule has 6 nitrogen and oxygen atoms in total. The maximum Gasteiger partial charge on any atom is 0.237 e. The van der Waals surface area contributed by atoms with E-state index in [0.29, 0.717) is 26.2 Å². The van der Waals surface area contributed by atoms with Crippen LogP contribution in [0.1, 0.15) is 19.3 Å². The summed E-state index contributed by atoms with van der Waals surface area (Å²) in [4.78, 5) is 32.9. The second kappa shape index (κ2) is 10.4. The van der Waals surface area contributed by atoms with Gasteiger partial charge >= 0.3 is 0 Å². The number of likely N-dealkylation sites (tertiary alicyclic amines) is 1. The number of carbonyl (C=O) groups is 2. The van der Waals surface area contributed by atoms with Crippen LogP contribution in [0.5, 0.6) is 0 Å². The summed E-state index contributed by atoms with van der Waals surface area (Å²) in [5.41, 5.74) is 0. The molecule has 2 aliphatic heterocycles. The first-order valence-electron chi connectivity index (χ1n) is 9.36. The zero-order valence-electron chi connectivity index (χ0n) is 15.4. The molecule has 2 fully saturated rings. The molecule has 0 bridgehead atoms. The van der Waals surface area contributed by atoms with Crippen molar-refractivity contribution in [3.05, 3.63) is 25.3 Å². The fraction of sp³-hybridized carbons (Fsp3) is 0.684. The molecule has 0 spiro atoms. The molecule has 0 aliphatic carbocycles. The van der Waals surface area contributed by atoms with Gasteiger partial charge in [-0.3, -0.25) is 19.4 Å². The van der Waals surface area contributed by atoms with Crippen LogP contribution in [0.2, 0.25) is 0 Å². The highest BCUT2D eigenvalue weighted by Crippen LogP contribution is 2.10. The van der Waals surface area contributed by atoms with E-state index < -0.39 is 0 Å². The summed E-state index contributed by atoms with van der Waals surface area (Å²) in [6.45, 7) is 14.6. The number of piperazine rings is 1. The molecule has 0 saturated carbocycles. The summed E-state index contributed by atoms with van der Waals surface area (Å²) < 4.78 is 0. The first-order chi connectivity index (χ1) is 12.1. The van der Waals surface area contributed by atoms with Gasteiger partial charge < -0.3 is 9.80 Å². The SMILES string of the molecule is C=CCN(CC=C)C(=O)CN1CCN(CC(=O)N2CCCCC2)CC1. The van der Waals surface area contributed by atoms with E-state index in [0.717, 1.165) is 52.1 Å². The number of hydrogen-bond acceptors (Lipinski definition) is 4. The van der Waals surface area contributed by atoms with Gasteiger partial charge in [0.2, 0.25) is 11.8 Å². The first-order valence-corrected chi connectivity index (χ1v) is 9.36. The van der Waals surface area contributed by atoms with Gasteiger partial charge in [-0.25, -0.2) is 0 Å². The Hall–Kier alpha value is -1.66. The third kappa shape index (κ3) is 6.29. The van der Waals surface area contributed by atoms with Crippen LogP contribution in [0, 0.1) is 0 Å². The Morgan fingerprint density at radius 1 is 0.800 bits per heavy atom. The highest BCUT2D eigenvalue weighted by atomic mass is 16.2. The Labute approximate surface area is 151 Å². The van der Waals surface area contributed by atoms with Crippen molar-refractivity contribution in [2.45, 2.75) is 19.3 Å². The highest BCUT2D eigenvalue weighted by molar-refractivity contribution is 5.79. The number of rotatable bonds is 8. The molecule has 0 radical (unpaired) electrons. The lowest BCUT2D eigenvalue weighted by molar-refractivity contribution is -0.135. The molecular weight excluding hydrogens is 316 g/mol. The second-order valence-electron chi connectivity index (χ2n) is 6.87. The molecule has 0 aromatic heterocycles. The van der Waals surface area contributed by atoms with Crippen LogP contribution in [-0.2, 0) is 9.59 Å². The molecule has 0 atom stereocenters. The van der Waals surface area contributed by atoms with E-state index in [4.69, 9.17) is 0 Å². The Morgan fingerprint density at radius 3 is 1.84 bits per heavy atom. The quantitative estimate of drug-likeness (QED) is 0.609. The smallest absolute Gasteiger partial charge is 0.237 e. The van der Waals surface area contributed by atoms with Gasteiger partial charge in [0, 0.05) is 52.4 Å². The van der Waals surface area contributed by atoms with Crippen molar-refractivity contribution in [1.29, 1.82) is 0 Å². The van der Waals surface area contributed by atoms with Crippen LogP contribution in [0.4, 0.5) is 0 Å². The van der Waals surface area contributed by atoms with Gasteiger partial charge in [-0.1, -0.05) is 12.2 Å². The molecule has 2 aliphatic rings. The van der Waals surface area contributed by atoms with Crippen molar-refractivity contribution < 1.29 is 9.59 Å². The summed E-state index contributed by atoms with van der Waals surface area (Å²) >= 11 is 0. The lowest BCUT2D eigenvalue weighted by atomic mass is 10.1. The van der Waals surface area contributed by atoms with Gasteiger partial charge in [0.15, 0.2) is 0 Å². The lowest BCUT2D eigenvalue weighted by Gasteiger charge is -2.36. The standard InChI is InChI=1S/C19H32N4O2/c1-3-8-22(9-4-2)18(24)16-20-12-14-21(15-13-20)17-19(25)23-10-6-5-7-11-23/h3-4H,1-2,5-17H2. The third-order valence-electron chi connectivity index (χ3n) is 4.94. The molecule has 0 aromatic rings. The number of hydrogen-bond donors (Lipinski definition) is 0. The normalized spacial score (nSPS) is 19.4. The van der Waals surface area contributed by atoms with Crippen LogP contribution in [-0.4, -0.2) is 96.9 Å².